The van der Waals surface area contributed by atoms with Gasteiger partial charge in [-0.2, -0.15) is 0 Å². The lowest BCUT2D eigenvalue weighted by Gasteiger charge is -2.22. The normalized spacial score (nSPS) is 13.1. The molecule has 0 radical (unpaired) electrons. The van der Waals surface area contributed by atoms with Crippen LogP contribution < -0.4 is 20.1 Å². The quantitative estimate of drug-likeness (QED) is 0.273. The molecule has 1 unspecified atom stereocenters. The standard InChI is InChI=1S/C24H26IN5O4S/c1-4-30-22(28-29-24(30)35-12-20(31)26-17-8-6-16(25)7-9-17)21(14(2)3)27-23(32)15-5-10-18-19(11-15)34-13-33-18/h5-11,14,21H,4,12-13H2,1-3H3,(H,26,31)(H,27,32). The minimum absolute atomic E-state index is 0.0597. The lowest BCUT2D eigenvalue weighted by atomic mass is 10.0. The van der Waals surface area contributed by atoms with Crippen LogP contribution in [0.5, 0.6) is 11.5 Å². The third-order valence-corrected chi connectivity index (χ3v) is 7.07. The number of hydrogen-bond acceptors (Lipinski definition) is 7. The molecule has 4 rings (SSSR count). The molecule has 2 aromatic carbocycles. The van der Waals surface area contributed by atoms with Crippen LogP contribution in [-0.4, -0.2) is 39.1 Å². The monoisotopic (exact) mass is 607 g/mol. The summed E-state index contributed by atoms with van der Waals surface area (Å²) < 4.78 is 13.8. The Morgan fingerprint density at radius 2 is 1.86 bits per heavy atom. The highest BCUT2D eigenvalue weighted by atomic mass is 127. The van der Waals surface area contributed by atoms with E-state index in [1.54, 1.807) is 18.2 Å². The number of anilines is 1. The predicted octanol–water partition coefficient (Wildman–Crippen LogP) is 4.49. The van der Waals surface area contributed by atoms with Crippen LogP contribution in [0, 0.1) is 9.49 Å². The summed E-state index contributed by atoms with van der Waals surface area (Å²) in [6.45, 7) is 6.77. The molecule has 11 heteroatoms. The maximum Gasteiger partial charge on any atom is 0.252 e. The van der Waals surface area contributed by atoms with Crippen LogP contribution >= 0.6 is 34.4 Å². The molecule has 0 fully saturated rings. The predicted molar refractivity (Wildman–Crippen MR) is 142 cm³/mol. The van der Waals surface area contributed by atoms with Crippen LogP contribution in [0.2, 0.25) is 0 Å². The Labute approximate surface area is 221 Å². The minimum Gasteiger partial charge on any atom is -0.454 e. The van der Waals surface area contributed by atoms with Gasteiger partial charge < -0.3 is 24.7 Å². The SMILES string of the molecule is CCn1c(SCC(=O)Nc2ccc(I)cc2)nnc1C(NC(=O)c1ccc2c(c1)OCO2)C(C)C. The average molecular weight is 607 g/mol. The van der Waals surface area contributed by atoms with Gasteiger partial charge in [-0.3, -0.25) is 9.59 Å². The van der Waals surface area contributed by atoms with E-state index in [-0.39, 0.29) is 36.3 Å². The molecule has 1 aromatic heterocycles. The first-order valence-corrected chi connectivity index (χ1v) is 13.2. The van der Waals surface area contributed by atoms with Crippen LogP contribution in [0.25, 0.3) is 0 Å². The van der Waals surface area contributed by atoms with E-state index in [9.17, 15) is 9.59 Å². The minimum atomic E-state index is -0.365. The Balaban J connectivity index is 1.44. The van der Waals surface area contributed by atoms with Gasteiger partial charge in [-0.25, -0.2) is 0 Å². The molecule has 2 amide bonds. The maximum atomic E-state index is 13.0. The van der Waals surface area contributed by atoms with E-state index in [0.717, 1.165) is 9.26 Å². The van der Waals surface area contributed by atoms with E-state index in [2.05, 4.69) is 43.4 Å². The molecular weight excluding hydrogens is 581 g/mol. The zero-order valence-corrected chi connectivity index (χ0v) is 22.6. The zero-order valence-electron chi connectivity index (χ0n) is 19.6. The molecule has 0 aliphatic carbocycles. The van der Waals surface area contributed by atoms with Crippen LogP contribution in [0.4, 0.5) is 5.69 Å². The number of amides is 2. The molecule has 1 aliphatic rings. The molecule has 35 heavy (non-hydrogen) atoms. The summed E-state index contributed by atoms with van der Waals surface area (Å²) in [7, 11) is 0. The summed E-state index contributed by atoms with van der Waals surface area (Å²) in [5, 5.41) is 15.3. The largest absolute Gasteiger partial charge is 0.454 e. The highest BCUT2D eigenvalue weighted by molar-refractivity contribution is 14.1. The van der Waals surface area contributed by atoms with Gasteiger partial charge >= 0.3 is 0 Å². The third-order valence-electron chi connectivity index (χ3n) is 5.39. The smallest absolute Gasteiger partial charge is 0.252 e. The average Bonchev–Trinajstić information content (AvgIpc) is 3.48. The van der Waals surface area contributed by atoms with Gasteiger partial charge in [0.15, 0.2) is 22.5 Å². The molecule has 0 saturated carbocycles. The van der Waals surface area contributed by atoms with E-state index in [4.69, 9.17) is 9.47 Å². The number of halogens is 1. The fourth-order valence-corrected chi connectivity index (χ4v) is 4.76. The Morgan fingerprint density at radius 3 is 2.57 bits per heavy atom. The number of benzene rings is 2. The molecular formula is C24H26IN5O4S. The number of thioether (sulfide) groups is 1. The van der Waals surface area contributed by atoms with Gasteiger partial charge in [-0.05, 0) is 77.9 Å². The van der Waals surface area contributed by atoms with Crippen molar-refractivity contribution in [2.24, 2.45) is 5.92 Å². The Bertz CT molecular complexity index is 1220. The Kier molecular flexibility index (Phi) is 8.16. The van der Waals surface area contributed by atoms with E-state index in [0.29, 0.717) is 34.6 Å². The third kappa shape index (κ3) is 6.07. The molecule has 3 aromatic rings. The van der Waals surface area contributed by atoms with Crippen molar-refractivity contribution in [1.82, 2.24) is 20.1 Å². The first-order chi connectivity index (χ1) is 16.9. The van der Waals surface area contributed by atoms with E-state index >= 15 is 0 Å². The van der Waals surface area contributed by atoms with E-state index in [1.807, 2.05) is 49.6 Å². The van der Waals surface area contributed by atoms with Gasteiger partial charge in [-0.15, -0.1) is 10.2 Å². The van der Waals surface area contributed by atoms with Gasteiger partial charge in [-0.1, -0.05) is 25.6 Å². The van der Waals surface area contributed by atoms with Crippen molar-refractivity contribution in [2.75, 3.05) is 17.9 Å². The van der Waals surface area contributed by atoms with Gasteiger partial charge in [0.05, 0.1) is 11.8 Å². The summed E-state index contributed by atoms with van der Waals surface area (Å²) in [4.78, 5) is 25.5. The molecule has 2 heterocycles. The molecule has 0 spiro atoms. The lowest BCUT2D eigenvalue weighted by Crippen LogP contribution is -2.33. The molecule has 9 nitrogen and oxygen atoms in total. The highest BCUT2D eigenvalue weighted by Gasteiger charge is 2.27. The Hall–Kier alpha value is -2.80. The van der Waals surface area contributed by atoms with Gasteiger partial charge in [0.25, 0.3) is 5.91 Å². The van der Waals surface area contributed by atoms with Crippen molar-refractivity contribution >= 4 is 51.9 Å². The summed E-state index contributed by atoms with van der Waals surface area (Å²) >= 11 is 3.53. The Morgan fingerprint density at radius 1 is 1.11 bits per heavy atom. The molecule has 0 bridgehead atoms. The topological polar surface area (TPSA) is 107 Å². The lowest BCUT2D eigenvalue weighted by molar-refractivity contribution is -0.113. The van der Waals surface area contributed by atoms with Gasteiger partial charge in [0, 0.05) is 21.4 Å². The van der Waals surface area contributed by atoms with Gasteiger partial charge in [0.2, 0.25) is 12.7 Å². The zero-order chi connectivity index (χ0) is 24.9. The van der Waals surface area contributed by atoms with Crippen molar-refractivity contribution in [3.05, 3.63) is 57.4 Å². The molecule has 184 valence electrons. The summed E-state index contributed by atoms with van der Waals surface area (Å²) in [6, 6.07) is 12.4. The number of ether oxygens (including phenoxy) is 2. The van der Waals surface area contributed by atoms with Crippen molar-refractivity contribution < 1.29 is 19.1 Å². The number of rotatable bonds is 9. The highest BCUT2D eigenvalue weighted by Crippen LogP contribution is 2.33. The number of carbonyl (C=O) groups excluding carboxylic acids is 2. The second-order valence-corrected chi connectivity index (χ2v) is 10.4. The summed E-state index contributed by atoms with van der Waals surface area (Å²) in [6.07, 6.45) is 0. The number of aromatic nitrogens is 3. The summed E-state index contributed by atoms with van der Waals surface area (Å²) in [5.41, 5.74) is 1.23. The first kappa shape index (κ1) is 25.3. The molecule has 1 atom stereocenters. The van der Waals surface area contributed by atoms with Crippen LogP contribution in [-0.2, 0) is 11.3 Å². The van der Waals surface area contributed by atoms with Crippen LogP contribution in [0.1, 0.15) is 43.0 Å². The number of nitrogens with zero attached hydrogens (tertiary/aromatic N) is 3. The molecule has 0 saturated heterocycles. The second kappa shape index (κ2) is 11.3. The fourth-order valence-electron chi connectivity index (χ4n) is 3.59. The number of hydrogen-bond donors (Lipinski definition) is 2. The number of carbonyl (C=O) groups is 2. The number of nitrogens with one attached hydrogen (secondary N) is 2. The van der Waals surface area contributed by atoms with Crippen LogP contribution in [0.15, 0.2) is 47.6 Å². The molecule has 1 aliphatic heterocycles. The van der Waals surface area contributed by atoms with Crippen molar-refractivity contribution in [1.29, 1.82) is 0 Å². The second-order valence-electron chi connectivity index (χ2n) is 8.19. The maximum absolute atomic E-state index is 13.0. The van der Waals surface area contributed by atoms with E-state index in [1.165, 1.54) is 11.8 Å². The fraction of sp³-hybridized carbons (Fsp3) is 0.333. The summed E-state index contributed by atoms with van der Waals surface area (Å²) in [5.74, 6) is 1.72. The van der Waals surface area contributed by atoms with Crippen molar-refractivity contribution in [2.45, 2.75) is 38.5 Å². The number of fused-ring (bicyclic) bond motifs is 1. The van der Waals surface area contributed by atoms with Crippen molar-refractivity contribution in [3.63, 3.8) is 0 Å². The van der Waals surface area contributed by atoms with Crippen LogP contribution in [0.3, 0.4) is 0 Å². The first-order valence-electron chi connectivity index (χ1n) is 11.2. The van der Waals surface area contributed by atoms with Gasteiger partial charge in [0.1, 0.15) is 0 Å². The van der Waals surface area contributed by atoms with Crippen molar-refractivity contribution in [3.8, 4) is 11.5 Å². The van der Waals surface area contributed by atoms with E-state index < -0.39 is 0 Å². The molecule has 2 N–H and O–H groups in total.